The Balaban J connectivity index is 0.000000197. The lowest BCUT2D eigenvalue weighted by Crippen LogP contribution is -2.11. The van der Waals surface area contributed by atoms with E-state index in [0.717, 1.165) is 54.1 Å². The molecule has 6 aromatic rings. The molecule has 4 heterocycles. The third-order valence-electron chi connectivity index (χ3n) is 6.52. The zero-order chi connectivity index (χ0) is 33.6. The Hall–Kier alpha value is -4.81. The Labute approximate surface area is 288 Å². The molecule has 0 atom stereocenters. The standard InChI is InChI=1S/C18H16N4S.C16H10ClN3S.C2H7N/c1-22(2)12-15-7-8-20-10-16(15)18-21-11-17(23-18)14-5-3-13(9-19)4-6-14;17-7-13-5-6-19-9-14(13)16-20-10-15(21-16)12-3-1-11(8-18)2-4-12;1-3-2/h3-8,10-11H,12H2,1-2H3;1-6,9-10H,7H2;3H,1-2H3. The van der Waals surface area contributed by atoms with Gasteiger partial charge in [0.25, 0.3) is 0 Å². The highest BCUT2D eigenvalue weighted by atomic mass is 35.5. The largest absolute Gasteiger partial charge is 0.323 e. The van der Waals surface area contributed by atoms with Crippen molar-refractivity contribution in [2.24, 2.45) is 0 Å². The monoisotopic (exact) mass is 676 g/mol. The fourth-order valence-electron chi connectivity index (χ4n) is 4.31. The minimum Gasteiger partial charge on any atom is -0.323 e. The normalized spacial score (nSPS) is 10.2. The van der Waals surface area contributed by atoms with Gasteiger partial charge in [-0.2, -0.15) is 10.5 Å². The van der Waals surface area contributed by atoms with E-state index in [9.17, 15) is 0 Å². The van der Waals surface area contributed by atoms with Crippen molar-refractivity contribution in [3.63, 3.8) is 0 Å². The predicted octanol–water partition coefficient (Wildman–Crippen LogP) is 8.12. The molecule has 47 heavy (non-hydrogen) atoms. The van der Waals surface area contributed by atoms with Gasteiger partial charge in [-0.15, -0.1) is 34.3 Å². The number of halogens is 1. The van der Waals surface area contributed by atoms with Crippen molar-refractivity contribution >= 4 is 34.3 Å². The van der Waals surface area contributed by atoms with Crippen LogP contribution in [0, 0.1) is 22.7 Å². The Morgan fingerprint density at radius 3 is 1.51 bits per heavy atom. The summed E-state index contributed by atoms with van der Waals surface area (Å²) >= 11 is 9.19. The van der Waals surface area contributed by atoms with Gasteiger partial charge in [0.1, 0.15) is 10.0 Å². The van der Waals surface area contributed by atoms with E-state index < -0.39 is 0 Å². The molecule has 0 saturated heterocycles. The Morgan fingerprint density at radius 1 is 0.681 bits per heavy atom. The molecule has 0 fully saturated rings. The maximum atomic E-state index is 8.88. The molecule has 11 heteroatoms. The van der Waals surface area contributed by atoms with E-state index in [1.165, 1.54) is 5.56 Å². The van der Waals surface area contributed by atoms with Gasteiger partial charge in [-0.3, -0.25) is 9.97 Å². The molecule has 4 aromatic heterocycles. The first-order chi connectivity index (χ1) is 22.9. The van der Waals surface area contributed by atoms with Crippen LogP contribution < -0.4 is 5.32 Å². The molecule has 0 aliphatic rings. The molecular weight excluding hydrogens is 644 g/mol. The topological polar surface area (TPSA) is 114 Å². The smallest absolute Gasteiger partial charge is 0.125 e. The van der Waals surface area contributed by atoms with Crippen molar-refractivity contribution in [1.29, 1.82) is 10.5 Å². The fraction of sp³-hybridized carbons (Fsp3) is 0.167. The van der Waals surface area contributed by atoms with Gasteiger partial charge in [0.15, 0.2) is 0 Å². The average Bonchev–Trinajstić information content (AvgIpc) is 3.80. The summed E-state index contributed by atoms with van der Waals surface area (Å²) in [5.41, 5.74) is 7.72. The second-order valence-electron chi connectivity index (χ2n) is 10.4. The number of pyridine rings is 2. The summed E-state index contributed by atoms with van der Waals surface area (Å²) in [7, 11) is 7.85. The van der Waals surface area contributed by atoms with Crippen molar-refractivity contribution in [2.45, 2.75) is 12.4 Å². The van der Waals surface area contributed by atoms with E-state index >= 15 is 0 Å². The first-order valence-electron chi connectivity index (χ1n) is 14.5. The van der Waals surface area contributed by atoms with Crippen molar-refractivity contribution in [3.05, 3.63) is 120 Å². The van der Waals surface area contributed by atoms with Crippen LogP contribution >= 0.6 is 34.3 Å². The Kier molecular flexibility index (Phi) is 13.3. The number of nitriles is 2. The number of thiazole rings is 2. The summed E-state index contributed by atoms with van der Waals surface area (Å²) in [4.78, 5) is 21.7. The fourth-order valence-corrected chi connectivity index (χ4v) is 6.48. The molecule has 0 aliphatic carbocycles. The van der Waals surface area contributed by atoms with Crippen LogP contribution in [0.5, 0.6) is 0 Å². The lowest BCUT2D eigenvalue weighted by Gasteiger charge is -2.12. The Morgan fingerprint density at radius 2 is 1.11 bits per heavy atom. The van der Waals surface area contributed by atoms with Crippen LogP contribution in [0.15, 0.2) is 97.8 Å². The first kappa shape index (κ1) is 35.1. The van der Waals surface area contributed by atoms with Crippen molar-refractivity contribution in [2.75, 3.05) is 28.2 Å². The van der Waals surface area contributed by atoms with Crippen molar-refractivity contribution in [1.82, 2.24) is 30.2 Å². The van der Waals surface area contributed by atoms with Gasteiger partial charge in [0, 0.05) is 60.7 Å². The molecule has 0 radical (unpaired) electrons. The highest BCUT2D eigenvalue weighted by molar-refractivity contribution is 7.18. The third kappa shape index (κ3) is 9.60. The number of benzene rings is 2. The maximum Gasteiger partial charge on any atom is 0.125 e. The van der Waals surface area contributed by atoms with Gasteiger partial charge < -0.3 is 10.2 Å². The zero-order valence-corrected chi connectivity index (χ0v) is 28.9. The molecular formula is C36H33ClN8S2. The highest BCUT2D eigenvalue weighted by Crippen LogP contribution is 2.35. The number of nitrogens with zero attached hydrogens (tertiary/aromatic N) is 7. The van der Waals surface area contributed by atoms with Crippen LogP contribution in [-0.4, -0.2) is 53.0 Å². The molecule has 0 unspecified atom stereocenters. The zero-order valence-electron chi connectivity index (χ0n) is 26.5. The molecule has 236 valence electrons. The number of rotatable bonds is 7. The van der Waals surface area contributed by atoms with Crippen LogP contribution in [0.2, 0.25) is 0 Å². The summed E-state index contributed by atoms with van der Waals surface area (Å²) in [5.74, 6) is 0.434. The molecule has 1 N–H and O–H groups in total. The van der Waals surface area contributed by atoms with Crippen LogP contribution in [0.4, 0.5) is 0 Å². The summed E-state index contributed by atoms with van der Waals surface area (Å²) in [5, 5.41) is 22.3. The number of hydrogen-bond acceptors (Lipinski definition) is 10. The second-order valence-corrected chi connectivity index (χ2v) is 12.7. The van der Waals surface area contributed by atoms with Gasteiger partial charge in [0.05, 0.1) is 33.0 Å². The molecule has 2 aromatic carbocycles. The predicted molar refractivity (Wildman–Crippen MR) is 193 cm³/mol. The first-order valence-corrected chi connectivity index (χ1v) is 16.7. The van der Waals surface area contributed by atoms with Gasteiger partial charge in [-0.05, 0) is 86.8 Å². The van der Waals surface area contributed by atoms with Gasteiger partial charge >= 0.3 is 0 Å². The third-order valence-corrected chi connectivity index (χ3v) is 8.97. The minimum absolute atomic E-state index is 0.434. The van der Waals surface area contributed by atoms with E-state index in [0.29, 0.717) is 17.0 Å². The summed E-state index contributed by atoms with van der Waals surface area (Å²) in [6.07, 6.45) is 10.9. The van der Waals surface area contributed by atoms with Crippen molar-refractivity contribution < 1.29 is 0 Å². The van der Waals surface area contributed by atoms with E-state index in [-0.39, 0.29) is 0 Å². The Bertz CT molecular complexity index is 1950. The van der Waals surface area contributed by atoms with Crippen LogP contribution in [-0.2, 0) is 12.4 Å². The van der Waals surface area contributed by atoms with Gasteiger partial charge in [-0.1, -0.05) is 24.3 Å². The summed E-state index contributed by atoms with van der Waals surface area (Å²) in [6.45, 7) is 0.851. The van der Waals surface area contributed by atoms with E-state index in [2.05, 4.69) is 42.3 Å². The minimum atomic E-state index is 0.434. The summed E-state index contributed by atoms with van der Waals surface area (Å²) in [6, 6.07) is 23.3. The quantitative estimate of drug-likeness (QED) is 0.169. The average molecular weight is 677 g/mol. The number of hydrogen-bond donors (Lipinski definition) is 1. The molecule has 0 spiro atoms. The maximum absolute atomic E-state index is 8.88. The lowest BCUT2D eigenvalue weighted by atomic mass is 10.1. The summed E-state index contributed by atoms with van der Waals surface area (Å²) < 4.78 is 0. The van der Waals surface area contributed by atoms with E-state index in [1.807, 2.05) is 114 Å². The van der Waals surface area contributed by atoms with E-state index in [4.69, 9.17) is 22.1 Å². The molecule has 0 amide bonds. The van der Waals surface area contributed by atoms with Gasteiger partial charge in [-0.25, -0.2) is 9.97 Å². The van der Waals surface area contributed by atoms with Gasteiger partial charge in [0.2, 0.25) is 0 Å². The molecule has 8 nitrogen and oxygen atoms in total. The van der Waals surface area contributed by atoms with Crippen LogP contribution in [0.3, 0.4) is 0 Å². The molecule has 0 aliphatic heterocycles. The number of aromatic nitrogens is 4. The lowest BCUT2D eigenvalue weighted by molar-refractivity contribution is 0.403. The molecule has 0 bridgehead atoms. The number of nitrogens with one attached hydrogen (secondary N) is 1. The van der Waals surface area contributed by atoms with Crippen molar-refractivity contribution in [3.8, 4) is 54.2 Å². The second kappa shape index (κ2) is 17.8. The number of alkyl halides is 1. The molecule has 0 saturated carbocycles. The molecule has 6 rings (SSSR count). The highest BCUT2D eigenvalue weighted by Gasteiger charge is 2.12. The SMILES string of the molecule is CN(C)Cc1ccncc1-c1ncc(-c2ccc(C#N)cc2)s1.CNC.N#Cc1ccc(-c2cnc(-c3cnccc3CCl)s2)cc1. The van der Waals surface area contributed by atoms with Crippen LogP contribution in [0.1, 0.15) is 22.3 Å². The van der Waals surface area contributed by atoms with E-state index in [1.54, 1.807) is 35.1 Å². The van der Waals surface area contributed by atoms with Crippen LogP contribution in [0.25, 0.3) is 42.0 Å².